The molecule has 0 fully saturated rings. The zero-order valence-corrected chi connectivity index (χ0v) is 21.4. The third-order valence-corrected chi connectivity index (χ3v) is 5.84. The van der Waals surface area contributed by atoms with Gasteiger partial charge in [-0.25, -0.2) is 4.79 Å². The van der Waals surface area contributed by atoms with Crippen molar-refractivity contribution >= 4 is 23.9 Å². The second-order valence-electron chi connectivity index (χ2n) is 9.17. The number of rotatable bonds is 11. The number of aliphatic hydroxyl groups excluding tert-OH is 1. The van der Waals surface area contributed by atoms with Crippen LogP contribution in [0.2, 0.25) is 0 Å². The number of unbranched alkanes of at least 4 members (excludes halogenated alkanes) is 1. The number of cyclic esters (lactones) is 1. The maximum Gasteiger partial charge on any atom is 0.407 e. The molecule has 0 spiro atoms. The summed E-state index contributed by atoms with van der Waals surface area (Å²) in [6, 6.07) is 8.59. The molecule has 0 radical (unpaired) electrons. The van der Waals surface area contributed by atoms with E-state index >= 15 is 0 Å². The van der Waals surface area contributed by atoms with Crippen LogP contribution in [0.15, 0.2) is 42.5 Å². The first-order valence-corrected chi connectivity index (χ1v) is 12.8. The predicted octanol–water partition coefficient (Wildman–Crippen LogP) is 2.35. The lowest BCUT2D eigenvalue weighted by molar-refractivity contribution is -0.145. The maximum absolute atomic E-state index is 13.0. The molecule has 4 N–H and O–H groups in total. The highest BCUT2D eigenvalue weighted by molar-refractivity contribution is 5.86. The smallest absolute Gasteiger partial charge is 0.407 e. The number of ether oxygens (including phenoxy) is 2. The van der Waals surface area contributed by atoms with Gasteiger partial charge in [-0.15, -0.1) is 0 Å². The molecule has 0 aliphatic carbocycles. The van der Waals surface area contributed by atoms with Crippen LogP contribution in [-0.2, 0) is 30.5 Å². The van der Waals surface area contributed by atoms with Crippen molar-refractivity contribution in [1.29, 1.82) is 0 Å². The van der Waals surface area contributed by atoms with E-state index in [1.807, 2.05) is 36.4 Å². The molecule has 10 nitrogen and oxygen atoms in total. The minimum atomic E-state index is -0.583. The Morgan fingerprint density at radius 2 is 1.97 bits per heavy atom. The molecule has 204 valence electrons. The van der Waals surface area contributed by atoms with Crippen LogP contribution < -0.4 is 16.0 Å². The van der Waals surface area contributed by atoms with Gasteiger partial charge in [0, 0.05) is 25.4 Å². The van der Waals surface area contributed by atoms with Crippen molar-refractivity contribution in [3.8, 4) is 0 Å². The van der Waals surface area contributed by atoms with E-state index in [0.717, 1.165) is 5.56 Å². The highest BCUT2D eigenvalue weighted by Crippen LogP contribution is 2.14. The minimum absolute atomic E-state index is 0.0119. The molecule has 1 aliphatic rings. The standard InChI is InChI=1S/C27H39N3O7/c1-20(17-31)29-24(32)16-22-12-6-3-7-14-25(33)36-19-23(30-26(22)34)13-8-9-15-28-27(35)37-18-21-10-4-2-5-11-21/h2-6,10-11,20,22-23,31H,7-9,12-19H2,1H3,(H,28,35)(H,29,32)(H,30,34). The van der Waals surface area contributed by atoms with Crippen molar-refractivity contribution in [2.24, 2.45) is 5.92 Å². The van der Waals surface area contributed by atoms with E-state index < -0.39 is 24.1 Å². The molecule has 1 aliphatic heterocycles. The molecule has 1 heterocycles. The SMILES string of the molecule is CC(CO)NC(=O)CC1CC=CCCC(=O)OCC(CCCCNC(=O)OCc2ccccc2)NC1=O. The fraction of sp³-hybridized carbons (Fsp3) is 0.556. The summed E-state index contributed by atoms with van der Waals surface area (Å²) in [7, 11) is 0. The van der Waals surface area contributed by atoms with Gasteiger partial charge in [-0.2, -0.15) is 0 Å². The van der Waals surface area contributed by atoms with Gasteiger partial charge in [-0.05, 0) is 44.6 Å². The number of esters is 1. The second-order valence-corrected chi connectivity index (χ2v) is 9.17. The molecule has 10 heteroatoms. The number of hydrogen-bond acceptors (Lipinski definition) is 7. The second kappa shape index (κ2) is 17.1. The number of benzene rings is 1. The molecule has 3 unspecified atom stereocenters. The summed E-state index contributed by atoms with van der Waals surface area (Å²) in [6.45, 7) is 2.14. The van der Waals surface area contributed by atoms with Crippen molar-refractivity contribution in [2.45, 2.75) is 70.6 Å². The summed E-state index contributed by atoms with van der Waals surface area (Å²) in [5.41, 5.74) is 0.902. The quantitative estimate of drug-likeness (QED) is 0.200. The van der Waals surface area contributed by atoms with Crippen molar-refractivity contribution in [3.63, 3.8) is 0 Å². The van der Waals surface area contributed by atoms with Crippen LogP contribution in [0.5, 0.6) is 0 Å². The molecular formula is C27H39N3O7. The average molecular weight is 518 g/mol. The van der Waals surface area contributed by atoms with Crippen LogP contribution in [0.3, 0.4) is 0 Å². The third kappa shape index (κ3) is 12.9. The van der Waals surface area contributed by atoms with Crippen LogP contribution in [-0.4, -0.2) is 60.8 Å². The molecule has 0 saturated carbocycles. The van der Waals surface area contributed by atoms with Gasteiger partial charge in [0.15, 0.2) is 0 Å². The summed E-state index contributed by atoms with van der Waals surface area (Å²) >= 11 is 0. The van der Waals surface area contributed by atoms with E-state index in [1.165, 1.54) is 0 Å². The van der Waals surface area contributed by atoms with Crippen LogP contribution in [0.4, 0.5) is 4.79 Å². The Balaban J connectivity index is 1.82. The van der Waals surface area contributed by atoms with Gasteiger partial charge in [-0.3, -0.25) is 14.4 Å². The predicted molar refractivity (Wildman–Crippen MR) is 137 cm³/mol. The number of hydrogen-bond donors (Lipinski definition) is 4. The van der Waals surface area contributed by atoms with Gasteiger partial charge in [-0.1, -0.05) is 42.5 Å². The molecule has 3 amide bonds. The molecular weight excluding hydrogens is 478 g/mol. The minimum Gasteiger partial charge on any atom is -0.463 e. The molecule has 1 aromatic carbocycles. The number of alkyl carbamates (subject to hydrolysis) is 1. The number of allylic oxidation sites excluding steroid dienone is 2. The van der Waals surface area contributed by atoms with E-state index in [1.54, 1.807) is 13.0 Å². The normalized spacial score (nSPS) is 19.4. The lowest BCUT2D eigenvalue weighted by Gasteiger charge is -2.23. The Labute approximate surface area is 218 Å². The largest absolute Gasteiger partial charge is 0.463 e. The van der Waals surface area contributed by atoms with Crippen molar-refractivity contribution in [2.75, 3.05) is 19.8 Å². The van der Waals surface area contributed by atoms with Gasteiger partial charge in [0.1, 0.15) is 13.2 Å². The Morgan fingerprint density at radius 3 is 2.73 bits per heavy atom. The number of carbonyl (C=O) groups is 4. The van der Waals surface area contributed by atoms with Gasteiger partial charge in [0.25, 0.3) is 0 Å². The Hall–Kier alpha value is -3.40. The first-order chi connectivity index (χ1) is 17.9. The maximum atomic E-state index is 13.0. The summed E-state index contributed by atoms with van der Waals surface area (Å²) < 4.78 is 10.5. The fourth-order valence-electron chi connectivity index (χ4n) is 3.73. The van der Waals surface area contributed by atoms with Gasteiger partial charge in [0.05, 0.1) is 18.6 Å². The third-order valence-electron chi connectivity index (χ3n) is 5.84. The van der Waals surface area contributed by atoms with Crippen LogP contribution >= 0.6 is 0 Å². The highest BCUT2D eigenvalue weighted by atomic mass is 16.5. The summed E-state index contributed by atoms with van der Waals surface area (Å²) in [5.74, 6) is -1.52. The van der Waals surface area contributed by atoms with E-state index in [0.29, 0.717) is 38.6 Å². The summed E-state index contributed by atoms with van der Waals surface area (Å²) in [5, 5.41) is 17.5. The Morgan fingerprint density at radius 1 is 1.19 bits per heavy atom. The van der Waals surface area contributed by atoms with Gasteiger partial charge >= 0.3 is 12.1 Å². The zero-order chi connectivity index (χ0) is 26.9. The molecule has 1 aromatic rings. The lowest BCUT2D eigenvalue weighted by atomic mass is 9.97. The van der Waals surface area contributed by atoms with Gasteiger partial charge in [0.2, 0.25) is 11.8 Å². The topological polar surface area (TPSA) is 143 Å². The Kier molecular flexibility index (Phi) is 13.8. The number of nitrogens with one attached hydrogen (secondary N) is 3. The first-order valence-electron chi connectivity index (χ1n) is 12.8. The van der Waals surface area contributed by atoms with Crippen LogP contribution in [0.25, 0.3) is 0 Å². The number of aliphatic hydroxyl groups is 1. The first kappa shape index (κ1) is 29.8. The van der Waals surface area contributed by atoms with E-state index in [-0.39, 0.29) is 50.4 Å². The van der Waals surface area contributed by atoms with E-state index in [9.17, 15) is 19.2 Å². The summed E-state index contributed by atoms with van der Waals surface area (Å²) in [4.78, 5) is 49.2. The van der Waals surface area contributed by atoms with Crippen molar-refractivity contribution in [3.05, 3.63) is 48.0 Å². The van der Waals surface area contributed by atoms with Crippen molar-refractivity contribution < 1.29 is 33.8 Å². The fourth-order valence-corrected chi connectivity index (χ4v) is 3.73. The average Bonchev–Trinajstić information content (AvgIpc) is 2.89. The number of amides is 3. The van der Waals surface area contributed by atoms with Crippen molar-refractivity contribution in [1.82, 2.24) is 16.0 Å². The lowest BCUT2D eigenvalue weighted by Crippen LogP contribution is -2.44. The molecule has 0 saturated heterocycles. The zero-order valence-electron chi connectivity index (χ0n) is 21.4. The Bertz CT molecular complexity index is 891. The van der Waals surface area contributed by atoms with Gasteiger partial charge < -0.3 is 30.5 Å². The molecule has 2 rings (SSSR count). The van der Waals surface area contributed by atoms with Crippen LogP contribution in [0, 0.1) is 5.92 Å². The monoisotopic (exact) mass is 517 g/mol. The van der Waals surface area contributed by atoms with E-state index in [2.05, 4.69) is 16.0 Å². The molecule has 0 bridgehead atoms. The molecule has 37 heavy (non-hydrogen) atoms. The number of carbonyl (C=O) groups excluding carboxylic acids is 4. The van der Waals surface area contributed by atoms with E-state index in [4.69, 9.17) is 14.6 Å². The van der Waals surface area contributed by atoms with Crippen LogP contribution in [0.1, 0.15) is 57.4 Å². The molecule has 3 atom stereocenters. The summed E-state index contributed by atoms with van der Waals surface area (Å²) in [6.07, 6.45) is 6.06. The highest BCUT2D eigenvalue weighted by Gasteiger charge is 2.25. The molecule has 0 aromatic heterocycles.